The molecule has 3 heteroatoms. The number of hydrogen-bond donors (Lipinski definition) is 0. The van der Waals surface area contributed by atoms with E-state index in [2.05, 4.69) is 29.8 Å². The maximum Gasteiger partial charge on any atom is 0.253 e. The second kappa shape index (κ2) is 7.49. The van der Waals surface area contributed by atoms with Gasteiger partial charge in [-0.15, -0.1) is 0 Å². The standard InChI is InChI=1S/C14H20BrNO/c1-3-9-16(10-4-2)14(17)13-7-5-12(11-15)6-8-13/h5-8H,3-4,9-11H2,1-2H3. The van der Waals surface area contributed by atoms with Crippen LogP contribution in [-0.2, 0) is 5.33 Å². The Bertz CT molecular complexity index is 342. The van der Waals surface area contributed by atoms with E-state index >= 15 is 0 Å². The summed E-state index contributed by atoms with van der Waals surface area (Å²) in [6.07, 6.45) is 2.01. The van der Waals surface area contributed by atoms with Crippen molar-refractivity contribution in [2.75, 3.05) is 13.1 Å². The summed E-state index contributed by atoms with van der Waals surface area (Å²) < 4.78 is 0. The van der Waals surface area contributed by atoms with E-state index in [4.69, 9.17) is 0 Å². The van der Waals surface area contributed by atoms with Gasteiger partial charge < -0.3 is 4.90 Å². The summed E-state index contributed by atoms with van der Waals surface area (Å²) in [4.78, 5) is 14.2. The minimum Gasteiger partial charge on any atom is -0.339 e. The highest BCUT2D eigenvalue weighted by Crippen LogP contribution is 2.11. The molecule has 0 saturated heterocycles. The van der Waals surface area contributed by atoms with Crippen molar-refractivity contribution >= 4 is 21.8 Å². The summed E-state index contributed by atoms with van der Waals surface area (Å²) in [5, 5.41) is 0.828. The molecule has 1 aromatic rings. The van der Waals surface area contributed by atoms with Gasteiger partial charge in [0.15, 0.2) is 0 Å². The van der Waals surface area contributed by atoms with Crippen molar-refractivity contribution in [1.82, 2.24) is 4.90 Å². The molecule has 0 spiro atoms. The van der Waals surface area contributed by atoms with Crippen LogP contribution in [0.2, 0.25) is 0 Å². The molecule has 0 N–H and O–H groups in total. The molecule has 0 radical (unpaired) electrons. The monoisotopic (exact) mass is 297 g/mol. The molecule has 0 fully saturated rings. The molecule has 2 nitrogen and oxygen atoms in total. The Morgan fingerprint density at radius 3 is 2.06 bits per heavy atom. The predicted octanol–water partition coefficient (Wildman–Crippen LogP) is 3.84. The van der Waals surface area contributed by atoms with Gasteiger partial charge >= 0.3 is 0 Å². The number of halogens is 1. The van der Waals surface area contributed by atoms with E-state index in [1.165, 1.54) is 5.56 Å². The van der Waals surface area contributed by atoms with Gasteiger partial charge in [0.1, 0.15) is 0 Å². The van der Waals surface area contributed by atoms with Gasteiger partial charge in [-0.2, -0.15) is 0 Å². The first kappa shape index (κ1) is 14.2. The lowest BCUT2D eigenvalue weighted by Crippen LogP contribution is -2.32. The predicted molar refractivity (Wildman–Crippen MR) is 75.6 cm³/mol. The molecular formula is C14H20BrNO. The smallest absolute Gasteiger partial charge is 0.253 e. The summed E-state index contributed by atoms with van der Waals surface area (Å²) in [6.45, 7) is 5.88. The molecule has 0 saturated carbocycles. The summed E-state index contributed by atoms with van der Waals surface area (Å²) in [5.41, 5.74) is 1.98. The van der Waals surface area contributed by atoms with E-state index in [0.717, 1.165) is 36.8 Å². The van der Waals surface area contributed by atoms with Crippen LogP contribution in [0.3, 0.4) is 0 Å². The summed E-state index contributed by atoms with van der Waals surface area (Å²) in [7, 11) is 0. The number of hydrogen-bond acceptors (Lipinski definition) is 1. The van der Waals surface area contributed by atoms with Crippen LogP contribution >= 0.6 is 15.9 Å². The van der Waals surface area contributed by atoms with Crippen LogP contribution in [0.4, 0.5) is 0 Å². The second-order valence-corrected chi connectivity index (χ2v) is 4.68. The molecule has 1 aromatic carbocycles. The van der Waals surface area contributed by atoms with Crippen molar-refractivity contribution in [2.45, 2.75) is 32.0 Å². The van der Waals surface area contributed by atoms with Crippen LogP contribution < -0.4 is 0 Å². The number of carbonyl (C=O) groups excluding carboxylic acids is 1. The third kappa shape index (κ3) is 4.15. The highest BCUT2D eigenvalue weighted by molar-refractivity contribution is 9.08. The highest BCUT2D eigenvalue weighted by atomic mass is 79.9. The number of alkyl halides is 1. The van der Waals surface area contributed by atoms with E-state index in [9.17, 15) is 4.79 Å². The molecule has 94 valence electrons. The van der Waals surface area contributed by atoms with Crippen LogP contribution in [0, 0.1) is 0 Å². The molecule has 17 heavy (non-hydrogen) atoms. The SMILES string of the molecule is CCCN(CCC)C(=O)c1ccc(CBr)cc1. The Hall–Kier alpha value is -0.830. The van der Waals surface area contributed by atoms with Gasteiger partial charge in [0.25, 0.3) is 5.91 Å². The molecule has 0 aliphatic heterocycles. The fourth-order valence-corrected chi connectivity index (χ4v) is 2.15. The van der Waals surface area contributed by atoms with E-state index in [1.54, 1.807) is 0 Å². The van der Waals surface area contributed by atoms with Crippen molar-refractivity contribution in [3.05, 3.63) is 35.4 Å². The van der Waals surface area contributed by atoms with Crippen molar-refractivity contribution in [1.29, 1.82) is 0 Å². The van der Waals surface area contributed by atoms with E-state index in [1.807, 2.05) is 29.2 Å². The van der Waals surface area contributed by atoms with Gasteiger partial charge in [0.05, 0.1) is 0 Å². The molecule has 1 rings (SSSR count). The number of nitrogens with zero attached hydrogens (tertiary/aromatic N) is 1. The van der Waals surface area contributed by atoms with Crippen LogP contribution in [-0.4, -0.2) is 23.9 Å². The van der Waals surface area contributed by atoms with Gasteiger partial charge in [0, 0.05) is 24.0 Å². The van der Waals surface area contributed by atoms with Crippen molar-refractivity contribution in [3.63, 3.8) is 0 Å². The summed E-state index contributed by atoms with van der Waals surface area (Å²) in [5.74, 6) is 0.148. The van der Waals surface area contributed by atoms with E-state index in [0.29, 0.717) is 0 Å². The Kier molecular flexibility index (Phi) is 6.27. The van der Waals surface area contributed by atoms with Gasteiger partial charge in [-0.25, -0.2) is 0 Å². The minimum absolute atomic E-state index is 0.148. The van der Waals surface area contributed by atoms with Crippen LogP contribution in [0.25, 0.3) is 0 Å². The van der Waals surface area contributed by atoms with E-state index < -0.39 is 0 Å². The molecule has 0 heterocycles. The second-order valence-electron chi connectivity index (χ2n) is 4.12. The minimum atomic E-state index is 0.148. The Balaban J connectivity index is 2.77. The lowest BCUT2D eigenvalue weighted by atomic mass is 10.1. The quantitative estimate of drug-likeness (QED) is 0.731. The topological polar surface area (TPSA) is 20.3 Å². The van der Waals surface area contributed by atoms with Crippen molar-refractivity contribution in [2.24, 2.45) is 0 Å². The van der Waals surface area contributed by atoms with Gasteiger partial charge in [-0.3, -0.25) is 4.79 Å². The lowest BCUT2D eigenvalue weighted by molar-refractivity contribution is 0.0755. The fraction of sp³-hybridized carbons (Fsp3) is 0.500. The zero-order valence-electron chi connectivity index (χ0n) is 10.6. The molecule has 0 aliphatic carbocycles. The average molecular weight is 298 g/mol. The third-order valence-corrected chi connectivity index (χ3v) is 3.28. The molecule has 0 bridgehead atoms. The summed E-state index contributed by atoms with van der Waals surface area (Å²) in [6, 6.07) is 7.82. The molecule has 1 amide bonds. The Morgan fingerprint density at radius 2 is 1.65 bits per heavy atom. The highest BCUT2D eigenvalue weighted by Gasteiger charge is 2.13. The number of rotatable bonds is 6. The maximum atomic E-state index is 12.2. The van der Waals surface area contributed by atoms with Crippen molar-refractivity contribution < 1.29 is 4.79 Å². The number of benzene rings is 1. The average Bonchev–Trinajstić information content (AvgIpc) is 2.38. The van der Waals surface area contributed by atoms with Crippen LogP contribution in [0.1, 0.15) is 42.6 Å². The number of carbonyl (C=O) groups is 1. The van der Waals surface area contributed by atoms with E-state index in [-0.39, 0.29) is 5.91 Å². The third-order valence-electron chi connectivity index (χ3n) is 2.63. The van der Waals surface area contributed by atoms with Crippen LogP contribution in [0.15, 0.2) is 24.3 Å². The maximum absolute atomic E-state index is 12.2. The normalized spacial score (nSPS) is 10.3. The fourth-order valence-electron chi connectivity index (χ4n) is 1.77. The van der Waals surface area contributed by atoms with Gasteiger partial charge in [-0.1, -0.05) is 41.9 Å². The first-order valence-electron chi connectivity index (χ1n) is 6.17. The lowest BCUT2D eigenvalue weighted by Gasteiger charge is -2.21. The Morgan fingerprint density at radius 1 is 1.12 bits per heavy atom. The molecule has 0 aliphatic rings. The summed E-state index contributed by atoms with van der Waals surface area (Å²) >= 11 is 3.40. The molecule has 0 unspecified atom stereocenters. The number of amides is 1. The van der Waals surface area contributed by atoms with Crippen LogP contribution in [0.5, 0.6) is 0 Å². The van der Waals surface area contributed by atoms with Gasteiger partial charge in [0.2, 0.25) is 0 Å². The first-order chi connectivity index (χ1) is 8.22. The zero-order valence-corrected chi connectivity index (χ0v) is 12.2. The van der Waals surface area contributed by atoms with Gasteiger partial charge in [-0.05, 0) is 30.5 Å². The Labute approximate surface area is 112 Å². The first-order valence-corrected chi connectivity index (χ1v) is 7.29. The largest absolute Gasteiger partial charge is 0.339 e. The van der Waals surface area contributed by atoms with Crippen molar-refractivity contribution in [3.8, 4) is 0 Å². The molecule has 0 aromatic heterocycles. The molecule has 0 atom stereocenters. The zero-order chi connectivity index (χ0) is 12.7. The molecular weight excluding hydrogens is 278 g/mol.